The highest BCUT2D eigenvalue weighted by Gasteiger charge is 2.35. The lowest BCUT2D eigenvalue weighted by atomic mass is 9.81. The summed E-state index contributed by atoms with van der Waals surface area (Å²) in [6.07, 6.45) is 34.3. The van der Waals surface area contributed by atoms with Crippen LogP contribution in [0.15, 0.2) is 206 Å². The van der Waals surface area contributed by atoms with Gasteiger partial charge in [0.15, 0.2) is 0 Å². The van der Waals surface area contributed by atoms with Gasteiger partial charge in [-0.2, -0.15) is 0 Å². The van der Waals surface area contributed by atoms with Crippen molar-refractivity contribution in [3.05, 3.63) is 250 Å². The van der Waals surface area contributed by atoms with Gasteiger partial charge < -0.3 is 4.90 Å². The Bertz CT molecular complexity index is 2560. The van der Waals surface area contributed by atoms with Gasteiger partial charge in [0.2, 0.25) is 0 Å². The van der Waals surface area contributed by atoms with Crippen molar-refractivity contribution in [3.63, 3.8) is 0 Å². The number of fused-ring (bicyclic) bond motifs is 3. The van der Waals surface area contributed by atoms with E-state index in [1.165, 1.54) is 78.3 Å². The van der Waals surface area contributed by atoms with Gasteiger partial charge in [-0.05, 0) is 113 Å². The van der Waals surface area contributed by atoms with E-state index in [4.69, 9.17) is 0 Å². The number of hydrogen-bond donors (Lipinski definition) is 0. The Kier molecular flexibility index (Phi) is 11.5. The Hall–Kier alpha value is -6.44. The molecule has 0 saturated carbocycles. The second kappa shape index (κ2) is 17.4. The minimum atomic E-state index is 0.0140. The van der Waals surface area contributed by atoms with Crippen molar-refractivity contribution in [1.29, 1.82) is 0 Å². The third kappa shape index (κ3) is 8.31. The Balaban J connectivity index is 0.000000168. The summed E-state index contributed by atoms with van der Waals surface area (Å²) in [5, 5.41) is 0. The summed E-state index contributed by atoms with van der Waals surface area (Å²) in [6.45, 7) is 9.01. The standard InChI is InChI=1S/C32H31N.C25H22/c1-24-13-15-26(16-14-24)27-17-19-28(20-18-27)29-21-22-32(25(2)23-29)33(30-9-5-3-6-10-30)31-11-7-4-8-12-31;1-25(2)23-16-10-9-14-21(23)22-18-17-20-13-8-7-12-19(20)11-5-3-4-6-15-24(22)25/h3-7,9-11,13-19,21-23,28H,8,12,20H2,1-2H3;3-18H,1-2H3/b;4-3+,5-3?,6-4?,11-5-,15-6-,18-17+,19-11?,20-17?,22-18?,24-15?. The number of anilines is 2. The largest absolute Gasteiger partial charge is 0.314 e. The number of allylic oxidation sites excluding steroid dienone is 16. The van der Waals surface area contributed by atoms with Crippen LogP contribution in [0.1, 0.15) is 83.5 Å². The second-order valence-electron chi connectivity index (χ2n) is 16.1. The average molecular weight is 752 g/mol. The van der Waals surface area contributed by atoms with Crippen molar-refractivity contribution >= 4 is 34.7 Å². The predicted octanol–water partition coefficient (Wildman–Crippen LogP) is 15.4. The maximum atomic E-state index is 2.43. The molecule has 4 aliphatic carbocycles. The van der Waals surface area contributed by atoms with Crippen molar-refractivity contribution in [3.8, 4) is 0 Å². The Labute approximate surface area is 346 Å². The monoisotopic (exact) mass is 751 g/mol. The zero-order chi connectivity index (χ0) is 39.9. The topological polar surface area (TPSA) is 3.24 Å². The molecule has 9 rings (SSSR count). The van der Waals surface area contributed by atoms with Gasteiger partial charge >= 0.3 is 0 Å². The van der Waals surface area contributed by atoms with E-state index in [1.807, 2.05) is 0 Å². The van der Waals surface area contributed by atoms with Crippen LogP contribution in [0.3, 0.4) is 0 Å². The average Bonchev–Trinajstić information content (AvgIpc) is 3.47. The van der Waals surface area contributed by atoms with Gasteiger partial charge in [-0.1, -0.05) is 202 Å². The van der Waals surface area contributed by atoms with Gasteiger partial charge in [-0.3, -0.25) is 0 Å². The summed E-state index contributed by atoms with van der Waals surface area (Å²) in [4.78, 5) is 2.43. The lowest BCUT2D eigenvalue weighted by molar-refractivity contribution is 0.654. The van der Waals surface area contributed by atoms with E-state index in [0.717, 1.165) is 19.3 Å². The molecular formula is C57H53N. The van der Waals surface area contributed by atoms with Gasteiger partial charge in [0.05, 0.1) is 0 Å². The molecule has 0 radical (unpaired) electrons. The van der Waals surface area contributed by atoms with E-state index in [2.05, 4.69) is 239 Å². The first-order valence-corrected chi connectivity index (χ1v) is 20.8. The number of para-hydroxylation sites is 1. The van der Waals surface area contributed by atoms with Crippen molar-refractivity contribution in [2.45, 2.75) is 58.3 Å². The van der Waals surface area contributed by atoms with E-state index in [-0.39, 0.29) is 5.41 Å². The van der Waals surface area contributed by atoms with Crippen molar-refractivity contribution < 1.29 is 0 Å². The molecule has 0 amide bonds. The summed E-state index contributed by atoms with van der Waals surface area (Å²) in [6, 6.07) is 43.8. The number of hydrogen-bond acceptors (Lipinski definition) is 1. The van der Waals surface area contributed by atoms with Gasteiger partial charge in [-0.15, -0.1) is 0 Å². The van der Waals surface area contributed by atoms with E-state index in [0.29, 0.717) is 5.92 Å². The van der Waals surface area contributed by atoms with E-state index >= 15 is 0 Å². The molecule has 0 saturated heterocycles. The molecule has 5 aromatic rings. The van der Waals surface area contributed by atoms with E-state index in [1.54, 1.807) is 0 Å². The van der Waals surface area contributed by atoms with Gasteiger partial charge in [0.1, 0.15) is 0 Å². The van der Waals surface area contributed by atoms with Crippen LogP contribution in [0.25, 0.3) is 23.3 Å². The fraction of sp³-hybridized carbons (Fsp3) is 0.158. The van der Waals surface area contributed by atoms with E-state index in [9.17, 15) is 0 Å². The highest BCUT2D eigenvalue weighted by molar-refractivity contribution is 5.91. The SMILES string of the molecule is CC1(C)C2=C(\C=C\c3ccccc3\C=C/C=C/C=C\2)c2ccccc21.Cc1ccc(C2=CCC(c3ccc(N(C4=CC=CCC4)c4ccccc4)c(C)c3)C=C2)cc1. The summed E-state index contributed by atoms with van der Waals surface area (Å²) in [5.41, 5.74) is 18.4. The molecule has 0 spiro atoms. The molecule has 0 heterocycles. The van der Waals surface area contributed by atoms with Crippen LogP contribution in [0, 0.1) is 13.8 Å². The first-order valence-electron chi connectivity index (χ1n) is 20.8. The summed E-state index contributed by atoms with van der Waals surface area (Å²) < 4.78 is 0. The quantitative estimate of drug-likeness (QED) is 0.173. The normalized spacial score (nSPS) is 19.7. The van der Waals surface area contributed by atoms with Gasteiger partial charge in [0, 0.05) is 28.4 Å². The van der Waals surface area contributed by atoms with Crippen LogP contribution >= 0.6 is 0 Å². The molecule has 0 fully saturated rings. The molecule has 0 N–H and O–H groups in total. The highest BCUT2D eigenvalue weighted by atomic mass is 15.1. The molecular weight excluding hydrogens is 699 g/mol. The van der Waals surface area contributed by atoms with Crippen LogP contribution in [0.2, 0.25) is 0 Å². The van der Waals surface area contributed by atoms with Crippen molar-refractivity contribution in [1.82, 2.24) is 0 Å². The zero-order valence-electron chi connectivity index (χ0n) is 34.3. The Morgan fingerprint density at radius 1 is 0.638 bits per heavy atom. The molecule has 0 bridgehead atoms. The lowest BCUT2D eigenvalue weighted by Crippen LogP contribution is -2.18. The molecule has 1 nitrogen and oxygen atoms in total. The maximum Gasteiger partial charge on any atom is 0.0487 e. The fourth-order valence-electron chi connectivity index (χ4n) is 8.60. The summed E-state index contributed by atoms with van der Waals surface area (Å²) >= 11 is 0. The van der Waals surface area contributed by atoms with Crippen LogP contribution in [0.4, 0.5) is 11.4 Å². The molecule has 286 valence electrons. The molecule has 58 heavy (non-hydrogen) atoms. The van der Waals surface area contributed by atoms with Crippen molar-refractivity contribution in [2.24, 2.45) is 0 Å². The number of benzene rings is 5. The second-order valence-corrected chi connectivity index (χ2v) is 16.1. The molecule has 4 aliphatic rings. The van der Waals surface area contributed by atoms with Crippen molar-refractivity contribution in [2.75, 3.05) is 4.90 Å². The highest BCUT2D eigenvalue weighted by Crippen LogP contribution is 2.47. The molecule has 1 atom stereocenters. The first-order chi connectivity index (χ1) is 28.4. The fourth-order valence-corrected chi connectivity index (χ4v) is 8.60. The summed E-state index contributed by atoms with van der Waals surface area (Å²) in [5.74, 6) is 0.425. The van der Waals surface area contributed by atoms with Crippen LogP contribution < -0.4 is 4.90 Å². The Morgan fingerprint density at radius 3 is 2.09 bits per heavy atom. The van der Waals surface area contributed by atoms with E-state index < -0.39 is 0 Å². The zero-order valence-corrected chi connectivity index (χ0v) is 34.3. The molecule has 1 heteroatoms. The summed E-state index contributed by atoms with van der Waals surface area (Å²) in [7, 11) is 0. The van der Waals surface area contributed by atoms with Crippen LogP contribution in [-0.4, -0.2) is 0 Å². The minimum Gasteiger partial charge on any atom is -0.314 e. The maximum absolute atomic E-state index is 2.43. The number of nitrogens with zero attached hydrogens (tertiary/aromatic N) is 1. The minimum absolute atomic E-state index is 0.0140. The number of rotatable bonds is 5. The molecule has 0 aliphatic heterocycles. The Morgan fingerprint density at radius 2 is 1.36 bits per heavy atom. The number of aryl methyl sites for hydroxylation is 2. The van der Waals surface area contributed by atoms with Crippen LogP contribution in [-0.2, 0) is 5.41 Å². The molecule has 1 unspecified atom stereocenters. The van der Waals surface area contributed by atoms with Gasteiger partial charge in [0.25, 0.3) is 0 Å². The third-order valence-electron chi connectivity index (χ3n) is 11.8. The van der Waals surface area contributed by atoms with Gasteiger partial charge in [-0.25, -0.2) is 0 Å². The smallest absolute Gasteiger partial charge is 0.0487 e. The predicted molar refractivity (Wildman–Crippen MR) is 251 cm³/mol. The molecule has 0 aromatic heterocycles. The van der Waals surface area contributed by atoms with Crippen LogP contribution in [0.5, 0.6) is 0 Å². The first kappa shape index (κ1) is 38.4. The third-order valence-corrected chi connectivity index (χ3v) is 11.8. The molecule has 5 aromatic carbocycles. The lowest BCUT2D eigenvalue weighted by Gasteiger charge is -2.30.